The van der Waals surface area contributed by atoms with Gasteiger partial charge in [-0.05, 0) is 52.2 Å². The second kappa shape index (κ2) is 5.55. The third-order valence-electron chi connectivity index (χ3n) is 2.79. The van der Waals surface area contributed by atoms with Crippen LogP contribution >= 0.6 is 27.5 Å². The minimum atomic E-state index is -0.873. The lowest BCUT2D eigenvalue weighted by Gasteiger charge is -2.13. The van der Waals surface area contributed by atoms with E-state index < -0.39 is 22.8 Å². The predicted octanol–water partition coefficient (Wildman–Crippen LogP) is 5.50. The molecule has 0 radical (unpaired) electrons. The molecule has 100 valence electrons. The lowest BCUT2D eigenvalue weighted by Crippen LogP contribution is -2.00. The van der Waals surface area contributed by atoms with E-state index in [-0.39, 0.29) is 5.56 Å². The molecule has 0 amide bonds. The SMILES string of the molecule is Cc1cc(C(Cl)c2ccc(Br)c(F)c2)c(F)cc1F. The summed E-state index contributed by atoms with van der Waals surface area (Å²) in [4.78, 5) is 0. The van der Waals surface area contributed by atoms with Crippen molar-refractivity contribution in [2.45, 2.75) is 12.3 Å². The molecule has 0 heterocycles. The Kier molecular flexibility index (Phi) is 4.21. The maximum Gasteiger partial charge on any atom is 0.137 e. The Bertz CT molecular complexity index is 628. The molecule has 1 unspecified atom stereocenters. The summed E-state index contributed by atoms with van der Waals surface area (Å²) in [6.07, 6.45) is 0. The van der Waals surface area contributed by atoms with Crippen molar-refractivity contribution in [1.29, 1.82) is 0 Å². The first kappa shape index (κ1) is 14.4. The van der Waals surface area contributed by atoms with Gasteiger partial charge >= 0.3 is 0 Å². The third kappa shape index (κ3) is 2.95. The van der Waals surface area contributed by atoms with Crippen LogP contribution in [-0.2, 0) is 0 Å². The third-order valence-corrected chi connectivity index (χ3v) is 3.92. The standard InChI is InChI=1S/C14H9BrClF3/c1-7-4-9(12(18)6-11(7)17)14(16)8-2-3-10(15)13(19)5-8/h2-6,14H,1H3. The zero-order chi connectivity index (χ0) is 14.2. The average Bonchev–Trinajstić information content (AvgIpc) is 2.36. The van der Waals surface area contributed by atoms with E-state index in [4.69, 9.17) is 11.6 Å². The summed E-state index contributed by atoms with van der Waals surface area (Å²) in [7, 11) is 0. The molecule has 0 bridgehead atoms. The molecule has 0 saturated carbocycles. The molecule has 0 nitrogen and oxygen atoms in total. The van der Waals surface area contributed by atoms with Crippen LogP contribution in [0.1, 0.15) is 22.1 Å². The van der Waals surface area contributed by atoms with Crippen LogP contribution in [-0.4, -0.2) is 0 Å². The zero-order valence-corrected chi connectivity index (χ0v) is 12.2. The summed E-state index contributed by atoms with van der Waals surface area (Å²) in [5.74, 6) is -1.86. The number of aryl methyl sites for hydroxylation is 1. The largest absolute Gasteiger partial charge is 0.207 e. The Balaban J connectivity index is 2.46. The minimum Gasteiger partial charge on any atom is -0.207 e. The number of halogens is 5. The molecule has 0 aliphatic heterocycles. The van der Waals surface area contributed by atoms with Crippen molar-refractivity contribution >= 4 is 27.5 Å². The van der Waals surface area contributed by atoms with Crippen molar-refractivity contribution < 1.29 is 13.2 Å². The van der Waals surface area contributed by atoms with E-state index in [2.05, 4.69) is 15.9 Å². The molecule has 2 aromatic carbocycles. The van der Waals surface area contributed by atoms with E-state index in [0.717, 1.165) is 6.07 Å². The van der Waals surface area contributed by atoms with Gasteiger partial charge < -0.3 is 0 Å². The highest BCUT2D eigenvalue weighted by molar-refractivity contribution is 9.10. The van der Waals surface area contributed by atoms with E-state index in [0.29, 0.717) is 15.6 Å². The van der Waals surface area contributed by atoms with Crippen LogP contribution in [0.5, 0.6) is 0 Å². The molecular weight excluding hydrogens is 341 g/mol. The smallest absolute Gasteiger partial charge is 0.137 e. The Morgan fingerprint density at radius 1 is 1.00 bits per heavy atom. The first-order valence-electron chi connectivity index (χ1n) is 5.44. The molecule has 0 aliphatic carbocycles. The summed E-state index contributed by atoms with van der Waals surface area (Å²) < 4.78 is 40.7. The molecule has 0 fully saturated rings. The second-order valence-corrected chi connectivity index (χ2v) is 5.45. The molecule has 0 aliphatic rings. The maximum atomic E-state index is 13.7. The number of hydrogen-bond acceptors (Lipinski definition) is 0. The Hall–Kier alpha value is -1.00. The van der Waals surface area contributed by atoms with Gasteiger partial charge in [0.15, 0.2) is 0 Å². The van der Waals surface area contributed by atoms with Crippen molar-refractivity contribution in [3.05, 3.63) is 68.9 Å². The molecule has 2 aromatic rings. The van der Waals surface area contributed by atoms with Gasteiger partial charge in [-0.3, -0.25) is 0 Å². The van der Waals surface area contributed by atoms with E-state index >= 15 is 0 Å². The van der Waals surface area contributed by atoms with Crippen LogP contribution in [0.25, 0.3) is 0 Å². The lowest BCUT2D eigenvalue weighted by atomic mass is 10.0. The Labute approximate surface area is 122 Å². The lowest BCUT2D eigenvalue weighted by molar-refractivity contribution is 0.567. The van der Waals surface area contributed by atoms with Crippen LogP contribution in [0, 0.1) is 24.4 Å². The molecule has 19 heavy (non-hydrogen) atoms. The fourth-order valence-electron chi connectivity index (χ4n) is 1.72. The molecular formula is C14H9BrClF3. The Morgan fingerprint density at radius 3 is 2.32 bits per heavy atom. The van der Waals surface area contributed by atoms with Gasteiger partial charge in [0.05, 0.1) is 9.85 Å². The first-order chi connectivity index (χ1) is 8.90. The molecule has 5 heteroatoms. The molecule has 0 saturated heterocycles. The predicted molar refractivity (Wildman–Crippen MR) is 72.9 cm³/mol. The van der Waals surface area contributed by atoms with Gasteiger partial charge in [-0.2, -0.15) is 0 Å². The van der Waals surface area contributed by atoms with Crippen molar-refractivity contribution in [3.63, 3.8) is 0 Å². The molecule has 0 aromatic heterocycles. The van der Waals surface area contributed by atoms with Gasteiger partial charge in [0.2, 0.25) is 0 Å². The van der Waals surface area contributed by atoms with Crippen molar-refractivity contribution in [2.24, 2.45) is 0 Å². The monoisotopic (exact) mass is 348 g/mol. The van der Waals surface area contributed by atoms with Gasteiger partial charge in [0.1, 0.15) is 17.5 Å². The van der Waals surface area contributed by atoms with Crippen molar-refractivity contribution in [2.75, 3.05) is 0 Å². The molecule has 0 N–H and O–H groups in total. The van der Waals surface area contributed by atoms with E-state index in [1.807, 2.05) is 0 Å². The molecule has 2 rings (SSSR count). The molecule has 0 spiro atoms. The van der Waals surface area contributed by atoms with Gasteiger partial charge in [-0.25, -0.2) is 13.2 Å². The highest BCUT2D eigenvalue weighted by Crippen LogP contribution is 2.33. The number of alkyl halides is 1. The topological polar surface area (TPSA) is 0 Å². The minimum absolute atomic E-state index is 0.127. The highest BCUT2D eigenvalue weighted by atomic mass is 79.9. The van der Waals surface area contributed by atoms with E-state index in [9.17, 15) is 13.2 Å². The fourth-order valence-corrected chi connectivity index (χ4v) is 2.27. The number of hydrogen-bond donors (Lipinski definition) is 0. The van der Waals surface area contributed by atoms with Gasteiger partial charge in [0.25, 0.3) is 0 Å². The summed E-state index contributed by atoms with van der Waals surface area (Å²) in [6, 6.07) is 6.43. The van der Waals surface area contributed by atoms with Crippen LogP contribution < -0.4 is 0 Å². The van der Waals surface area contributed by atoms with Crippen molar-refractivity contribution in [3.8, 4) is 0 Å². The Morgan fingerprint density at radius 2 is 1.68 bits per heavy atom. The van der Waals surface area contributed by atoms with Crippen LogP contribution in [0.15, 0.2) is 34.8 Å². The summed E-state index contributed by atoms with van der Waals surface area (Å²) in [5, 5.41) is -0.873. The molecule has 1 atom stereocenters. The van der Waals surface area contributed by atoms with E-state index in [1.165, 1.54) is 25.1 Å². The summed E-state index contributed by atoms with van der Waals surface area (Å²) in [6.45, 7) is 1.52. The quantitative estimate of drug-likeness (QED) is 0.628. The van der Waals surface area contributed by atoms with Crippen LogP contribution in [0.3, 0.4) is 0 Å². The van der Waals surface area contributed by atoms with E-state index in [1.54, 1.807) is 6.07 Å². The van der Waals surface area contributed by atoms with Crippen molar-refractivity contribution in [1.82, 2.24) is 0 Å². The maximum absolute atomic E-state index is 13.7. The fraction of sp³-hybridized carbons (Fsp3) is 0.143. The number of rotatable bonds is 2. The highest BCUT2D eigenvalue weighted by Gasteiger charge is 2.18. The van der Waals surface area contributed by atoms with Gasteiger partial charge in [0, 0.05) is 11.6 Å². The zero-order valence-electron chi connectivity index (χ0n) is 9.85. The first-order valence-corrected chi connectivity index (χ1v) is 6.67. The van der Waals surface area contributed by atoms with Gasteiger partial charge in [-0.1, -0.05) is 6.07 Å². The van der Waals surface area contributed by atoms with Gasteiger partial charge in [-0.15, -0.1) is 11.6 Å². The normalized spacial score (nSPS) is 12.5. The number of benzene rings is 2. The summed E-state index contributed by atoms with van der Waals surface area (Å²) >= 11 is 9.17. The van der Waals surface area contributed by atoms with Crippen LogP contribution in [0.2, 0.25) is 0 Å². The van der Waals surface area contributed by atoms with Crippen LogP contribution in [0.4, 0.5) is 13.2 Å². The second-order valence-electron chi connectivity index (χ2n) is 4.16. The average molecular weight is 350 g/mol. The summed E-state index contributed by atoms with van der Waals surface area (Å²) in [5.41, 5.74) is 0.828.